The van der Waals surface area contributed by atoms with E-state index in [9.17, 15) is 4.79 Å². The van der Waals surface area contributed by atoms with Crippen molar-refractivity contribution < 1.29 is 4.79 Å². The van der Waals surface area contributed by atoms with E-state index in [2.05, 4.69) is 20.0 Å². The van der Waals surface area contributed by atoms with Gasteiger partial charge in [0.25, 0.3) is 0 Å². The Kier molecular flexibility index (Phi) is 5.23. The predicted molar refractivity (Wildman–Crippen MR) is 114 cm³/mol. The molecule has 2 aliphatic rings. The van der Waals surface area contributed by atoms with E-state index in [1.54, 1.807) is 12.5 Å². The standard InChI is InChI=1S/C22H25N5OS/c28-20(26-11-10-16-6-4-5-7-17(16)13-26)14-29-22-19-12-25-27(21(19)23-15-24-22)18-8-2-1-3-9-18/h1-3,8-9,12,15-17H,4-7,10-11,13-14H2/t16-,17+/m0/s1. The molecule has 3 heterocycles. The summed E-state index contributed by atoms with van der Waals surface area (Å²) in [6, 6.07) is 9.94. The Bertz CT molecular complexity index is 1000. The maximum absolute atomic E-state index is 12.8. The highest BCUT2D eigenvalue weighted by Crippen LogP contribution is 2.36. The first-order valence-corrected chi connectivity index (χ1v) is 11.4. The number of likely N-dealkylation sites (tertiary alicyclic amines) is 1. The summed E-state index contributed by atoms with van der Waals surface area (Å²) in [4.78, 5) is 23.8. The summed E-state index contributed by atoms with van der Waals surface area (Å²) in [7, 11) is 0. The Morgan fingerprint density at radius 1 is 1.07 bits per heavy atom. The van der Waals surface area contributed by atoms with Gasteiger partial charge in [0.1, 0.15) is 11.4 Å². The largest absolute Gasteiger partial charge is 0.342 e. The third-order valence-electron chi connectivity index (χ3n) is 6.31. The topological polar surface area (TPSA) is 63.9 Å². The lowest BCUT2D eigenvalue weighted by atomic mass is 9.75. The van der Waals surface area contributed by atoms with Crippen LogP contribution in [0.25, 0.3) is 16.7 Å². The van der Waals surface area contributed by atoms with E-state index >= 15 is 0 Å². The molecule has 3 aromatic rings. The van der Waals surface area contributed by atoms with Gasteiger partial charge in [-0.2, -0.15) is 5.10 Å². The number of carbonyl (C=O) groups excluding carboxylic acids is 1. The summed E-state index contributed by atoms with van der Waals surface area (Å²) in [6.07, 6.45) is 9.85. The molecule has 1 aliphatic heterocycles. The zero-order chi connectivity index (χ0) is 19.6. The van der Waals surface area contributed by atoms with Crippen molar-refractivity contribution in [3.8, 4) is 5.69 Å². The molecule has 7 heteroatoms. The zero-order valence-corrected chi connectivity index (χ0v) is 17.2. The first-order valence-electron chi connectivity index (χ1n) is 10.4. The molecular weight excluding hydrogens is 382 g/mol. The van der Waals surface area contributed by atoms with Crippen LogP contribution in [0.15, 0.2) is 47.9 Å². The lowest BCUT2D eigenvalue weighted by Crippen LogP contribution is -2.45. The molecular formula is C22H25N5OS. The van der Waals surface area contributed by atoms with E-state index in [1.807, 2.05) is 35.0 Å². The van der Waals surface area contributed by atoms with Crippen LogP contribution in [0, 0.1) is 11.8 Å². The van der Waals surface area contributed by atoms with Gasteiger partial charge in [0.15, 0.2) is 5.65 Å². The molecule has 2 atom stereocenters. The van der Waals surface area contributed by atoms with Crippen molar-refractivity contribution in [3.63, 3.8) is 0 Å². The van der Waals surface area contributed by atoms with Crippen LogP contribution in [0.5, 0.6) is 0 Å². The Morgan fingerprint density at radius 2 is 1.90 bits per heavy atom. The maximum Gasteiger partial charge on any atom is 0.232 e. The second-order valence-corrected chi connectivity index (χ2v) is 8.99. The second kappa shape index (κ2) is 8.14. The van der Waals surface area contributed by atoms with Crippen LogP contribution in [0.4, 0.5) is 0 Å². The van der Waals surface area contributed by atoms with Crippen LogP contribution < -0.4 is 0 Å². The van der Waals surface area contributed by atoms with Crippen molar-refractivity contribution in [1.29, 1.82) is 0 Å². The number of thioether (sulfide) groups is 1. The molecule has 0 bridgehead atoms. The van der Waals surface area contributed by atoms with E-state index in [0.717, 1.165) is 40.8 Å². The average molecular weight is 408 g/mol. The molecule has 1 aromatic carbocycles. The van der Waals surface area contributed by atoms with Gasteiger partial charge in [-0.05, 0) is 36.8 Å². The summed E-state index contributed by atoms with van der Waals surface area (Å²) < 4.78 is 1.82. The maximum atomic E-state index is 12.8. The smallest absolute Gasteiger partial charge is 0.232 e. The molecule has 150 valence electrons. The van der Waals surface area contributed by atoms with Crippen LogP contribution in [0.2, 0.25) is 0 Å². The molecule has 1 amide bonds. The molecule has 1 saturated carbocycles. The highest BCUT2D eigenvalue weighted by atomic mass is 32.2. The van der Waals surface area contributed by atoms with E-state index < -0.39 is 0 Å². The summed E-state index contributed by atoms with van der Waals surface area (Å²) >= 11 is 1.49. The molecule has 0 unspecified atom stereocenters. The molecule has 6 nitrogen and oxygen atoms in total. The molecule has 0 N–H and O–H groups in total. The molecule has 5 rings (SSSR count). The van der Waals surface area contributed by atoms with Gasteiger partial charge in [-0.3, -0.25) is 4.79 Å². The number of carbonyl (C=O) groups is 1. The number of rotatable bonds is 4. The van der Waals surface area contributed by atoms with Crippen LogP contribution in [-0.4, -0.2) is 49.4 Å². The third-order valence-corrected chi connectivity index (χ3v) is 7.30. The molecule has 0 radical (unpaired) electrons. The quantitative estimate of drug-likeness (QED) is 0.484. The Morgan fingerprint density at radius 3 is 2.76 bits per heavy atom. The number of para-hydroxylation sites is 1. The number of fused-ring (bicyclic) bond motifs is 2. The lowest BCUT2D eigenvalue weighted by Gasteiger charge is -2.41. The van der Waals surface area contributed by atoms with Gasteiger partial charge in [0.2, 0.25) is 5.91 Å². The Balaban J connectivity index is 1.28. The van der Waals surface area contributed by atoms with Gasteiger partial charge in [0, 0.05) is 13.1 Å². The van der Waals surface area contributed by atoms with Crippen LogP contribution >= 0.6 is 11.8 Å². The minimum absolute atomic E-state index is 0.223. The molecule has 0 spiro atoms. The number of hydrogen-bond donors (Lipinski definition) is 0. The van der Waals surface area contributed by atoms with Gasteiger partial charge in [0.05, 0.1) is 23.0 Å². The van der Waals surface area contributed by atoms with Crippen LogP contribution in [0.1, 0.15) is 32.1 Å². The molecule has 29 heavy (non-hydrogen) atoms. The first kappa shape index (κ1) is 18.6. The van der Waals surface area contributed by atoms with Crippen molar-refractivity contribution in [2.75, 3.05) is 18.8 Å². The highest BCUT2D eigenvalue weighted by Gasteiger charge is 2.32. The van der Waals surface area contributed by atoms with Crippen molar-refractivity contribution in [2.24, 2.45) is 11.8 Å². The number of piperidine rings is 1. The minimum Gasteiger partial charge on any atom is -0.342 e. The summed E-state index contributed by atoms with van der Waals surface area (Å²) in [6.45, 7) is 1.85. The second-order valence-electron chi connectivity index (χ2n) is 8.03. The van der Waals surface area contributed by atoms with Gasteiger partial charge < -0.3 is 4.90 Å². The van der Waals surface area contributed by atoms with Crippen molar-refractivity contribution >= 4 is 28.7 Å². The summed E-state index contributed by atoms with van der Waals surface area (Å²) in [5.74, 6) is 2.19. The van der Waals surface area contributed by atoms with Gasteiger partial charge in [-0.25, -0.2) is 14.6 Å². The molecule has 2 aromatic heterocycles. The highest BCUT2D eigenvalue weighted by molar-refractivity contribution is 8.00. The fourth-order valence-electron chi connectivity index (χ4n) is 4.74. The van der Waals surface area contributed by atoms with Crippen LogP contribution in [0.3, 0.4) is 0 Å². The molecule has 1 saturated heterocycles. The van der Waals surface area contributed by atoms with E-state index in [0.29, 0.717) is 11.7 Å². The lowest BCUT2D eigenvalue weighted by molar-refractivity contribution is -0.131. The Labute approximate surface area is 174 Å². The van der Waals surface area contributed by atoms with Crippen molar-refractivity contribution in [3.05, 3.63) is 42.9 Å². The first-order chi connectivity index (χ1) is 14.3. The SMILES string of the molecule is O=C(CSc1ncnc2c1cnn2-c1ccccc1)N1CC[C@@H]2CCCC[C@@H]2C1. The van der Waals surface area contributed by atoms with Gasteiger partial charge >= 0.3 is 0 Å². The van der Waals surface area contributed by atoms with Crippen molar-refractivity contribution in [1.82, 2.24) is 24.6 Å². The summed E-state index contributed by atoms with van der Waals surface area (Å²) in [5.41, 5.74) is 1.73. The van der Waals surface area contributed by atoms with Crippen LogP contribution in [-0.2, 0) is 4.79 Å². The zero-order valence-electron chi connectivity index (χ0n) is 16.4. The predicted octanol–water partition coefficient (Wildman–Crippen LogP) is 3.95. The molecule has 2 fully saturated rings. The number of nitrogens with zero attached hydrogens (tertiary/aromatic N) is 5. The Hall–Kier alpha value is -2.41. The van der Waals surface area contributed by atoms with Gasteiger partial charge in [-0.15, -0.1) is 0 Å². The minimum atomic E-state index is 0.223. The number of amides is 1. The van der Waals surface area contributed by atoms with E-state index in [-0.39, 0.29) is 5.91 Å². The summed E-state index contributed by atoms with van der Waals surface area (Å²) in [5, 5.41) is 6.20. The number of hydrogen-bond acceptors (Lipinski definition) is 5. The normalized spacial score (nSPS) is 21.9. The van der Waals surface area contributed by atoms with E-state index in [1.165, 1.54) is 43.9 Å². The third kappa shape index (κ3) is 3.75. The molecule has 1 aliphatic carbocycles. The monoisotopic (exact) mass is 407 g/mol. The fraction of sp³-hybridized carbons (Fsp3) is 0.455. The van der Waals surface area contributed by atoms with Gasteiger partial charge in [-0.1, -0.05) is 49.2 Å². The average Bonchev–Trinajstić information content (AvgIpc) is 3.22. The van der Waals surface area contributed by atoms with E-state index in [4.69, 9.17) is 0 Å². The van der Waals surface area contributed by atoms with Crippen molar-refractivity contribution in [2.45, 2.75) is 37.1 Å². The number of benzene rings is 1. The number of aromatic nitrogens is 4. The fourth-order valence-corrected chi connectivity index (χ4v) is 5.61.